The van der Waals surface area contributed by atoms with Gasteiger partial charge in [0.1, 0.15) is 6.26 Å². The predicted molar refractivity (Wildman–Crippen MR) is 68.4 cm³/mol. The maximum Gasteiger partial charge on any atom is 0.192 e. The van der Waals surface area contributed by atoms with Gasteiger partial charge in [-0.3, -0.25) is 4.79 Å². The second-order valence-corrected chi connectivity index (χ2v) is 5.86. The van der Waals surface area contributed by atoms with E-state index in [1.54, 1.807) is 12.5 Å². The zero-order valence-corrected chi connectivity index (χ0v) is 10.5. The highest BCUT2D eigenvalue weighted by molar-refractivity contribution is 5.82. The molecule has 1 aliphatic rings. The van der Waals surface area contributed by atoms with Gasteiger partial charge in [0.05, 0.1) is 11.6 Å². The van der Waals surface area contributed by atoms with Gasteiger partial charge in [0.25, 0.3) is 0 Å². The molecule has 2 aromatic rings. The molecule has 2 nitrogen and oxygen atoms in total. The van der Waals surface area contributed by atoms with E-state index in [0.29, 0.717) is 5.39 Å². The summed E-state index contributed by atoms with van der Waals surface area (Å²) in [6, 6.07) is 2.12. The van der Waals surface area contributed by atoms with E-state index in [1.165, 1.54) is 11.1 Å². The molecular weight excluding hydrogens is 212 g/mol. The molecule has 0 N–H and O–H groups in total. The molecule has 0 atom stereocenters. The molecular formula is C15H16O2. The van der Waals surface area contributed by atoms with Crippen LogP contribution in [0.1, 0.15) is 30.5 Å². The summed E-state index contributed by atoms with van der Waals surface area (Å²) in [7, 11) is 0. The van der Waals surface area contributed by atoms with Crippen LogP contribution in [0.15, 0.2) is 27.8 Å². The van der Waals surface area contributed by atoms with E-state index in [1.807, 2.05) is 6.92 Å². The second kappa shape index (κ2) is 3.22. The summed E-state index contributed by atoms with van der Waals surface area (Å²) < 4.78 is 5.15. The molecule has 0 aliphatic heterocycles. The standard InChI is InChI=1S/C15H16O2/c1-9-12-6-15(2,3)5-10(12)4-11-7-17-8-13(11)14(9)16/h4,7-8H,5-6H2,1-3H3. The van der Waals surface area contributed by atoms with Gasteiger partial charge in [0.2, 0.25) is 0 Å². The van der Waals surface area contributed by atoms with E-state index >= 15 is 0 Å². The number of rotatable bonds is 0. The van der Waals surface area contributed by atoms with Crippen molar-refractivity contribution in [1.82, 2.24) is 0 Å². The fraction of sp³-hybridized carbons (Fsp3) is 0.400. The van der Waals surface area contributed by atoms with Crippen LogP contribution in [0.25, 0.3) is 10.8 Å². The minimum absolute atomic E-state index is 0.118. The molecule has 88 valence electrons. The molecule has 0 radical (unpaired) electrons. The van der Waals surface area contributed by atoms with Crippen LogP contribution in [0.5, 0.6) is 0 Å². The minimum atomic E-state index is 0.118. The summed E-state index contributed by atoms with van der Waals surface area (Å²) in [5.74, 6) is 0. The lowest BCUT2D eigenvalue weighted by Crippen LogP contribution is -2.11. The van der Waals surface area contributed by atoms with Crippen molar-refractivity contribution in [3.63, 3.8) is 0 Å². The predicted octanol–water partition coefficient (Wildman–Crippen LogP) is 3.23. The summed E-state index contributed by atoms with van der Waals surface area (Å²) >= 11 is 0. The maximum absolute atomic E-state index is 12.3. The monoisotopic (exact) mass is 228 g/mol. The van der Waals surface area contributed by atoms with E-state index in [4.69, 9.17) is 4.42 Å². The van der Waals surface area contributed by atoms with Crippen molar-refractivity contribution in [3.05, 3.63) is 45.5 Å². The molecule has 3 rings (SSSR count). The van der Waals surface area contributed by atoms with Crippen molar-refractivity contribution in [1.29, 1.82) is 0 Å². The summed E-state index contributed by atoms with van der Waals surface area (Å²) in [6.07, 6.45) is 5.27. The molecule has 0 spiro atoms. The molecule has 1 aromatic carbocycles. The molecule has 0 unspecified atom stereocenters. The van der Waals surface area contributed by atoms with Crippen LogP contribution >= 0.6 is 0 Å². The van der Waals surface area contributed by atoms with Crippen LogP contribution in [0.4, 0.5) is 0 Å². The Morgan fingerprint density at radius 3 is 2.76 bits per heavy atom. The van der Waals surface area contributed by atoms with E-state index < -0.39 is 0 Å². The van der Waals surface area contributed by atoms with E-state index in [9.17, 15) is 4.79 Å². The lowest BCUT2D eigenvalue weighted by Gasteiger charge is -2.15. The highest BCUT2D eigenvalue weighted by atomic mass is 16.3. The molecule has 1 aliphatic carbocycles. The third kappa shape index (κ3) is 1.51. The molecule has 17 heavy (non-hydrogen) atoms. The van der Waals surface area contributed by atoms with Gasteiger partial charge < -0.3 is 4.42 Å². The zero-order valence-electron chi connectivity index (χ0n) is 10.5. The molecule has 0 fully saturated rings. The summed E-state index contributed by atoms with van der Waals surface area (Å²) in [5, 5.41) is 1.63. The average Bonchev–Trinajstić information content (AvgIpc) is 2.79. The Morgan fingerprint density at radius 1 is 1.24 bits per heavy atom. The highest BCUT2D eigenvalue weighted by Gasteiger charge is 2.30. The SMILES string of the molecule is Cc1c2c(cc3cocc3c1=O)CC(C)(C)C2. The molecule has 1 heterocycles. The van der Waals surface area contributed by atoms with Crippen molar-refractivity contribution in [2.45, 2.75) is 33.6 Å². The molecule has 2 heteroatoms. The largest absolute Gasteiger partial charge is 0.471 e. The van der Waals surface area contributed by atoms with Gasteiger partial charge in [-0.15, -0.1) is 0 Å². The van der Waals surface area contributed by atoms with Gasteiger partial charge in [-0.2, -0.15) is 0 Å². The van der Waals surface area contributed by atoms with Crippen LogP contribution in [0.2, 0.25) is 0 Å². The molecule has 0 saturated heterocycles. The minimum Gasteiger partial charge on any atom is -0.471 e. The zero-order chi connectivity index (χ0) is 12.2. The molecule has 0 bridgehead atoms. The first-order valence-electron chi connectivity index (χ1n) is 5.99. The topological polar surface area (TPSA) is 30.2 Å². The molecule has 0 saturated carbocycles. The first-order valence-corrected chi connectivity index (χ1v) is 5.99. The number of fused-ring (bicyclic) bond motifs is 2. The summed E-state index contributed by atoms with van der Waals surface area (Å²) in [4.78, 5) is 12.3. The van der Waals surface area contributed by atoms with E-state index in [0.717, 1.165) is 23.8 Å². The van der Waals surface area contributed by atoms with Crippen LogP contribution in [-0.4, -0.2) is 0 Å². The van der Waals surface area contributed by atoms with Crippen LogP contribution < -0.4 is 5.43 Å². The van der Waals surface area contributed by atoms with Crippen LogP contribution in [-0.2, 0) is 12.8 Å². The van der Waals surface area contributed by atoms with Crippen LogP contribution in [0.3, 0.4) is 0 Å². The van der Waals surface area contributed by atoms with Gasteiger partial charge in [-0.05, 0) is 42.4 Å². The first-order chi connectivity index (χ1) is 7.98. The van der Waals surface area contributed by atoms with Crippen molar-refractivity contribution >= 4 is 10.8 Å². The Morgan fingerprint density at radius 2 is 2.00 bits per heavy atom. The molecule has 1 aromatic heterocycles. The van der Waals surface area contributed by atoms with Gasteiger partial charge in [-0.25, -0.2) is 0 Å². The van der Waals surface area contributed by atoms with Crippen LogP contribution in [0, 0.1) is 12.3 Å². The van der Waals surface area contributed by atoms with Gasteiger partial charge >= 0.3 is 0 Å². The van der Waals surface area contributed by atoms with Gasteiger partial charge in [-0.1, -0.05) is 13.8 Å². The first kappa shape index (κ1) is 10.6. The Bertz CT molecular complexity index is 662. The van der Waals surface area contributed by atoms with Gasteiger partial charge in [0, 0.05) is 10.9 Å². The van der Waals surface area contributed by atoms with Gasteiger partial charge in [0.15, 0.2) is 5.43 Å². The Kier molecular flexibility index (Phi) is 2.00. The Hall–Kier alpha value is -1.57. The third-order valence-electron chi connectivity index (χ3n) is 3.77. The van der Waals surface area contributed by atoms with Crippen molar-refractivity contribution < 1.29 is 4.42 Å². The number of hydrogen-bond donors (Lipinski definition) is 0. The second-order valence-electron chi connectivity index (χ2n) is 5.86. The quantitative estimate of drug-likeness (QED) is 0.693. The smallest absolute Gasteiger partial charge is 0.192 e. The fourth-order valence-electron chi connectivity index (χ4n) is 2.92. The summed E-state index contributed by atoms with van der Waals surface area (Å²) in [6.45, 7) is 6.45. The van der Waals surface area contributed by atoms with Crippen molar-refractivity contribution in [2.75, 3.05) is 0 Å². The molecule has 0 amide bonds. The normalized spacial score (nSPS) is 17.4. The third-order valence-corrected chi connectivity index (χ3v) is 3.77. The summed E-state index contributed by atoms with van der Waals surface area (Å²) in [5.41, 5.74) is 3.83. The Labute approximate surface area is 100 Å². The maximum atomic E-state index is 12.3. The lowest BCUT2D eigenvalue weighted by atomic mass is 9.89. The average molecular weight is 228 g/mol. The van der Waals surface area contributed by atoms with E-state index in [2.05, 4.69) is 19.9 Å². The number of furan rings is 1. The highest BCUT2D eigenvalue weighted by Crippen LogP contribution is 2.37. The van der Waals surface area contributed by atoms with Crippen molar-refractivity contribution in [3.8, 4) is 0 Å². The Balaban J connectivity index is 2.43. The van der Waals surface area contributed by atoms with Crippen molar-refractivity contribution in [2.24, 2.45) is 5.41 Å². The van der Waals surface area contributed by atoms with E-state index in [-0.39, 0.29) is 10.8 Å². The lowest BCUT2D eigenvalue weighted by molar-refractivity contribution is 0.392. The number of hydrogen-bond acceptors (Lipinski definition) is 2. The fourth-order valence-corrected chi connectivity index (χ4v) is 2.92.